The maximum atomic E-state index is 10.9. The van der Waals surface area contributed by atoms with Crippen molar-refractivity contribution in [3.63, 3.8) is 0 Å². The third-order valence-corrected chi connectivity index (χ3v) is 3.27. The first-order chi connectivity index (χ1) is 7.20. The van der Waals surface area contributed by atoms with Gasteiger partial charge in [-0.25, -0.2) is 0 Å². The molecule has 1 aromatic rings. The lowest BCUT2D eigenvalue weighted by Gasteiger charge is -2.08. The van der Waals surface area contributed by atoms with E-state index in [1.807, 2.05) is 37.3 Å². The van der Waals surface area contributed by atoms with E-state index in [0.29, 0.717) is 6.61 Å². The Morgan fingerprint density at radius 2 is 2.07 bits per heavy atom. The minimum absolute atomic E-state index is 0.0735. The molecule has 82 valence electrons. The van der Waals surface area contributed by atoms with Crippen molar-refractivity contribution in [2.45, 2.75) is 19.1 Å². The third kappa shape index (κ3) is 4.88. The number of hydrogen-bond donors (Lipinski definition) is 0. The molecule has 2 nitrogen and oxygen atoms in total. The molecular weight excluding hydrogens is 208 g/mol. The first-order valence-electron chi connectivity index (χ1n) is 5.00. The molecule has 1 atom stereocenters. The molecule has 0 spiro atoms. The number of rotatable bonds is 6. The van der Waals surface area contributed by atoms with Crippen LogP contribution in [0.3, 0.4) is 0 Å². The lowest BCUT2D eigenvalue weighted by atomic mass is 10.3. The number of para-hydroxylation sites is 1. The Morgan fingerprint density at radius 3 is 2.67 bits per heavy atom. The first-order valence-corrected chi connectivity index (χ1v) is 6.05. The monoisotopic (exact) mass is 224 g/mol. The second-order valence-corrected chi connectivity index (χ2v) is 4.73. The summed E-state index contributed by atoms with van der Waals surface area (Å²) in [6.45, 7) is 4.19. The fourth-order valence-corrected chi connectivity index (χ4v) is 1.79. The number of hydrogen-bond acceptors (Lipinski definition) is 3. The van der Waals surface area contributed by atoms with E-state index in [4.69, 9.17) is 4.74 Å². The summed E-state index contributed by atoms with van der Waals surface area (Å²) in [6.07, 6.45) is 0. The molecule has 0 aromatic heterocycles. The van der Waals surface area contributed by atoms with Crippen molar-refractivity contribution < 1.29 is 9.53 Å². The molecule has 1 rings (SSSR count). The van der Waals surface area contributed by atoms with Gasteiger partial charge in [0, 0.05) is 5.75 Å². The van der Waals surface area contributed by atoms with Gasteiger partial charge in [-0.1, -0.05) is 18.2 Å². The number of carbonyl (C=O) groups is 1. The quantitative estimate of drug-likeness (QED) is 0.695. The molecule has 1 unspecified atom stereocenters. The van der Waals surface area contributed by atoms with Crippen molar-refractivity contribution in [1.82, 2.24) is 0 Å². The lowest BCUT2D eigenvalue weighted by molar-refractivity contribution is -0.116. The number of ketones is 1. The highest BCUT2D eigenvalue weighted by Gasteiger charge is 2.06. The summed E-state index contributed by atoms with van der Waals surface area (Å²) in [5.41, 5.74) is 0. The number of Topliss-reactive ketones (excluding diaryl/α,β-unsaturated/α-hetero) is 1. The average Bonchev–Trinajstić information content (AvgIpc) is 2.25. The van der Waals surface area contributed by atoms with Gasteiger partial charge in [0.05, 0.1) is 11.9 Å². The van der Waals surface area contributed by atoms with Crippen molar-refractivity contribution >= 4 is 17.5 Å². The van der Waals surface area contributed by atoms with Crippen LogP contribution in [0.5, 0.6) is 5.75 Å². The fourth-order valence-electron chi connectivity index (χ4n) is 1.02. The molecule has 0 saturated carbocycles. The molecule has 0 aliphatic carbocycles. The zero-order valence-corrected chi connectivity index (χ0v) is 9.92. The van der Waals surface area contributed by atoms with Gasteiger partial charge in [0.15, 0.2) is 0 Å². The Balaban J connectivity index is 2.15. The summed E-state index contributed by atoms with van der Waals surface area (Å²) >= 11 is 1.63. The van der Waals surface area contributed by atoms with Gasteiger partial charge in [0.2, 0.25) is 0 Å². The molecule has 15 heavy (non-hydrogen) atoms. The molecule has 0 N–H and O–H groups in total. The highest BCUT2D eigenvalue weighted by molar-refractivity contribution is 8.00. The Bertz CT molecular complexity index is 298. The Labute approximate surface area is 95.0 Å². The van der Waals surface area contributed by atoms with Crippen molar-refractivity contribution in [2.24, 2.45) is 0 Å². The van der Waals surface area contributed by atoms with Gasteiger partial charge >= 0.3 is 0 Å². The number of benzene rings is 1. The summed E-state index contributed by atoms with van der Waals surface area (Å²) in [6, 6.07) is 9.71. The van der Waals surface area contributed by atoms with E-state index in [-0.39, 0.29) is 11.0 Å². The molecule has 3 heteroatoms. The normalized spacial score (nSPS) is 12.1. The van der Waals surface area contributed by atoms with Crippen LogP contribution in [0.15, 0.2) is 30.3 Å². The van der Waals surface area contributed by atoms with Crippen molar-refractivity contribution in [3.05, 3.63) is 30.3 Å². The van der Waals surface area contributed by atoms with E-state index in [0.717, 1.165) is 11.5 Å². The minimum Gasteiger partial charge on any atom is -0.493 e. The van der Waals surface area contributed by atoms with Gasteiger partial charge in [-0.3, -0.25) is 4.79 Å². The van der Waals surface area contributed by atoms with E-state index in [9.17, 15) is 4.79 Å². The maximum absolute atomic E-state index is 10.9. The van der Waals surface area contributed by atoms with Gasteiger partial charge in [-0.15, -0.1) is 11.8 Å². The minimum atomic E-state index is 0.0735. The van der Waals surface area contributed by atoms with Gasteiger partial charge < -0.3 is 4.74 Å². The summed E-state index contributed by atoms with van der Waals surface area (Å²) in [7, 11) is 0. The van der Waals surface area contributed by atoms with Crippen LogP contribution in [0.4, 0.5) is 0 Å². The Kier molecular flexibility index (Phi) is 5.26. The van der Waals surface area contributed by atoms with E-state index < -0.39 is 0 Å². The molecule has 0 saturated heterocycles. The van der Waals surface area contributed by atoms with Crippen molar-refractivity contribution in [1.29, 1.82) is 0 Å². The van der Waals surface area contributed by atoms with Crippen LogP contribution in [-0.4, -0.2) is 23.4 Å². The van der Waals surface area contributed by atoms with Gasteiger partial charge in [0.25, 0.3) is 0 Å². The van der Waals surface area contributed by atoms with Crippen molar-refractivity contribution in [3.8, 4) is 5.75 Å². The second-order valence-electron chi connectivity index (χ2n) is 3.29. The maximum Gasteiger partial charge on any atom is 0.142 e. The smallest absolute Gasteiger partial charge is 0.142 e. The summed E-state index contributed by atoms with van der Waals surface area (Å²) in [4.78, 5) is 10.9. The first kappa shape index (κ1) is 12.1. The number of thioether (sulfide) groups is 1. The molecule has 0 heterocycles. The fraction of sp³-hybridized carbons (Fsp3) is 0.417. The highest BCUT2D eigenvalue weighted by Crippen LogP contribution is 2.13. The topological polar surface area (TPSA) is 26.3 Å². The van der Waals surface area contributed by atoms with E-state index in [2.05, 4.69) is 0 Å². The van der Waals surface area contributed by atoms with Gasteiger partial charge in [0.1, 0.15) is 11.5 Å². The predicted molar refractivity (Wildman–Crippen MR) is 64.5 cm³/mol. The molecule has 0 aliphatic heterocycles. The molecule has 0 radical (unpaired) electrons. The van der Waals surface area contributed by atoms with Crippen LogP contribution in [0.1, 0.15) is 13.8 Å². The Hall–Kier alpha value is -0.960. The molecule has 1 aromatic carbocycles. The van der Waals surface area contributed by atoms with E-state index in [1.165, 1.54) is 0 Å². The molecule has 0 bridgehead atoms. The van der Waals surface area contributed by atoms with E-state index in [1.54, 1.807) is 18.7 Å². The second kappa shape index (κ2) is 6.51. The third-order valence-electron chi connectivity index (χ3n) is 2.04. The molecular formula is C12H16O2S. The summed E-state index contributed by atoms with van der Waals surface area (Å²) in [5.74, 6) is 1.95. The van der Waals surface area contributed by atoms with Crippen LogP contribution < -0.4 is 4.74 Å². The average molecular weight is 224 g/mol. The van der Waals surface area contributed by atoms with Crippen LogP contribution >= 0.6 is 11.8 Å². The van der Waals surface area contributed by atoms with Crippen LogP contribution in [0.25, 0.3) is 0 Å². The standard InChI is InChI=1S/C12H16O2S/c1-10(13)11(2)15-9-8-14-12-6-4-3-5-7-12/h3-7,11H,8-9H2,1-2H3. The number of carbonyl (C=O) groups excluding carboxylic acids is 1. The van der Waals surface area contributed by atoms with Crippen LogP contribution in [0, 0.1) is 0 Å². The van der Waals surface area contributed by atoms with Crippen LogP contribution in [0.2, 0.25) is 0 Å². The zero-order valence-electron chi connectivity index (χ0n) is 9.10. The highest BCUT2D eigenvalue weighted by atomic mass is 32.2. The van der Waals surface area contributed by atoms with E-state index >= 15 is 0 Å². The zero-order chi connectivity index (χ0) is 11.1. The largest absolute Gasteiger partial charge is 0.493 e. The van der Waals surface area contributed by atoms with Crippen LogP contribution in [-0.2, 0) is 4.79 Å². The lowest BCUT2D eigenvalue weighted by Crippen LogP contribution is -2.11. The molecule has 0 aliphatic rings. The molecule has 0 amide bonds. The van der Waals surface area contributed by atoms with Crippen molar-refractivity contribution in [2.75, 3.05) is 12.4 Å². The SMILES string of the molecule is CC(=O)C(C)SCCOc1ccccc1. The van der Waals surface area contributed by atoms with Gasteiger partial charge in [-0.2, -0.15) is 0 Å². The summed E-state index contributed by atoms with van der Waals surface area (Å²) in [5, 5.41) is 0.0735. The van der Waals surface area contributed by atoms with Gasteiger partial charge in [-0.05, 0) is 26.0 Å². The Morgan fingerprint density at radius 1 is 1.40 bits per heavy atom. The molecule has 0 fully saturated rings. The predicted octanol–water partition coefficient (Wildman–Crippen LogP) is 2.78. The summed E-state index contributed by atoms with van der Waals surface area (Å²) < 4.78 is 5.50. The number of ether oxygens (including phenoxy) is 1.